The molecular formula is C27H22F3NO4. The number of aromatic hydroxyl groups is 1. The van der Waals surface area contributed by atoms with E-state index in [9.17, 15) is 28.2 Å². The first-order valence-electron chi connectivity index (χ1n) is 11.2. The van der Waals surface area contributed by atoms with E-state index in [1.165, 1.54) is 18.2 Å². The van der Waals surface area contributed by atoms with Crippen molar-refractivity contribution in [2.24, 2.45) is 0 Å². The first kappa shape index (κ1) is 23.0. The van der Waals surface area contributed by atoms with Crippen molar-refractivity contribution in [2.75, 3.05) is 13.2 Å². The third-order valence-corrected chi connectivity index (χ3v) is 6.51. The highest BCUT2D eigenvalue weighted by molar-refractivity contribution is 6.03. The number of aromatic carboxylic acids is 1. The molecule has 4 aromatic rings. The summed E-state index contributed by atoms with van der Waals surface area (Å²) in [5.74, 6) is -2.08. The van der Waals surface area contributed by atoms with E-state index in [-0.39, 0.29) is 17.2 Å². The third-order valence-electron chi connectivity index (χ3n) is 6.51. The van der Waals surface area contributed by atoms with E-state index in [0.717, 1.165) is 17.8 Å². The summed E-state index contributed by atoms with van der Waals surface area (Å²) in [6.07, 6.45) is -1.65. The number of fused-ring (bicyclic) bond motifs is 1. The number of carboxylic acids is 1. The van der Waals surface area contributed by atoms with Crippen LogP contribution in [0.1, 0.15) is 46.8 Å². The lowest BCUT2D eigenvalue weighted by molar-refractivity contribution is 0.0696. The first-order valence-corrected chi connectivity index (χ1v) is 11.2. The molecule has 0 radical (unpaired) electrons. The molecule has 0 unspecified atom stereocenters. The summed E-state index contributed by atoms with van der Waals surface area (Å²) in [6, 6.07) is 14.9. The van der Waals surface area contributed by atoms with Crippen molar-refractivity contribution >= 4 is 16.9 Å². The van der Waals surface area contributed by atoms with Gasteiger partial charge in [0.1, 0.15) is 11.6 Å². The summed E-state index contributed by atoms with van der Waals surface area (Å²) in [5, 5.41) is 20.7. The van der Waals surface area contributed by atoms with Crippen molar-refractivity contribution < 1.29 is 32.9 Å². The Balaban J connectivity index is 1.86. The van der Waals surface area contributed by atoms with Gasteiger partial charge >= 0.3 is 5.97 Å². The highest BCUT2D eigenvalue weighted by Crippen LogP contribution is 2.46. The molecule has 0 atom stereocenters. The summed E-state index contributed by atoms with van der Waals surface area (Å²) in [4.78, 5) is 11.4. The monoisotopic (exact) mass is 481 g/mol. The van der Waals surface area contributed by atoms with E-state index in [2.05, 4.69) is 0 Å². The van der Waals surface area contributed by atoms with E-state index < -0.39 is 23.8 Å². The summed E-state index contributed by atoms with van der Waals surface area (Å²) in [5.41, 5.74) is 2.49. The van der Waals surface area contributed by atoms with Crippen molar-refractivity contribution in [3.05, 3.63) is 83.3 Å². The molecule has 1 aliphatic heterocycles. The maximum absolute atomic E-state index is 14.1. The Hall–Kier alpha value is -3.78. The number of alkyl halides is 2. The lowest BCUT2D eigenvalue weighted by Crippen LogP contribution is -2.17. The molecule has 1 aliphatic rings. The molecule has 5 nitrogen and oxygen atoms in total. The second-order valence-corrected chi connectivity index (χ2v) is 8.54. The third kappa shape index (κ3) is 4.04. The molecule has 2 N–H and O–H groups in total. The highest BCUT2D eigenvalue weighted by Gasteiger charge is 2.29. The lowest BCUT2D eigenvalue weighted by atomic mass is 9.89. The Labute approximate surface area is 199 Å². The largest absolute Gasteiger partial charge is 0.507 e. The molecule has 2 heterocycles. The molecule has 1 aromatic heterocycles. The SMILES string of the molecule is O=C(O)c1ccc(-c2c(C3CCOCC3)n(-c3ccc(F)c(C(F)F)c3)c3cccc(O)c23)cc1. The predicted molar refractivity (Wildman–Crippen MR) is 125 cm³/mol. The Morgan fingerprint density at radius 1 is 1.03 bits per heavy atom. The molecule has 35 heavy (non-hydrogen) atoms. The minimum absolute atomic E-state index is 0.00284. The van der Waals surface area contributed by atoms with Gasteiger partial charge in [-0.1, -0.05) is 18.2 Å². The first-order chi connectivity index (χ1) is 16.9. The van der Waals surface area contributed by atoms with Crippen LogP contribution in [0.3, 0.4) is 0 Å². The summed E-state index contributed by atoms with van der Waals surface area (Å²) in [7, 11) is 0. The average molecular weight is 481 g/mol. The molecule has 5 rings (SSSR count). The number of benzene rings is 3. The molecule has 0 spiro atoms. The van der Waals surface area contributed by atoms with Gasteiger partial charge in [0.2, 0.25) is 0 Å². The molecule has 0 saturated carbocycles. The molecule has 0 aliphatic carbocycles. The summed E-state index contributed by atoms with van der Waals surface area (Å²) >= 11 is 0. The van der Waals surface area contributed by atoms with Gasteiger partial charge < -0.3 is 19.5 Å². The second-order valence-electron chi connectivity index (χ2n) is 8.54. The maximum Gasteiger partial charge on any atom is 0.335 e. The van der Waals surface area contributed by atoms with Crippen LogP contribution >= 0.6 is 0 Å². The summed E-state index contributed by atoms with van der Waals surface area (Å²) in [6.45, 7) is 1.03. The lowest BCUT2D eigenvalue weighted by Gasteiger charge is -2.26. The molecule has 8 heteroatoms. The van der Waals surface area contributed by atoms with Gasteiger partial charge in [-0.3, -0.25) is 0 Å². The number of nitrogens with zero attached hydrogens (tertiary/aromatic N) is 1. The van der Waals surface area contributed by atoms with Crippen molar-refractivity contribution in [1.29, 1.82) is 0 Å². The van der Waals surface area contributed by atoms with Crippen molar-refractivity contribution in [1.82, 2.24) is 4.57 Å². The fourth-order valence-electron chi connectivity index (χ4n) is 4.89. The van der Waals surface area contributed by atoms with Crippen LogP contribution in [-0.2, 0) is 4.74 Å². The van der Waals surface area contributed by atoms with Crippen molar-refractivity contribution in [3.63, 3.8) is 0 Å². The van der Waals surface area contributed by atoms with Gasteiger partial charge in [-0.15, -0.1) is 0 Å². The van der Waals surface area contributed by atoms with Crippen LogP contribution in [0.25, 0.3) is 27.7 Å². The van der Waals surface area contributed by atoms with Gasteiger partial charge in [0.15, 0.2) is 0 Å². The molecule has 3 aromatic carbocycles. The number of phenolic OH excluding ortho intramolecular Hbond substituents is 1. The number of phenols is 1. The number of aromatic nitrogens is 1. The van der Waals surface area contributed by atoms with E-state index in [0.29, 0.717) is 53.8 Å². The van der Waals surface area contributed by atoms with Gasteiger partial charge in [-0.05, 0) is 60.9 Å². The van der Waals surface area contributed by atoms with Gasteiger partial charge in [0.05, 0.1) is 16.6 Å². The zero-order valence-electron chi connectivity index (χ0n) is 18.5. The number of hydrogen-bond donors (Lipinski definition) is 2. The van der Waals surface area contributed by atoms with Crippen LogP contribution < -0.4 is 0 Å². The highest BCUT2D eigenvalue weighted by atomic mass is 19.3. The number of carboxylic acid groups (broad SMARTS) is 1. The van der Waals surface area contributed by atoms with Crippen LogP contribution in [0.15, 0.2) is 60.7 Å². The van der Waals surface area contributed by atoms with Crippen LogP contribution in [-0.4, -0.2) is 34.0 Å². The number of carbonyl (C=O) groups is 1. The average Bonchev–Trinajstić information content (AvgIpc) is 3.21. The Bertz CT molecular complexity index is 1410. The van der Waals surface area contributed by atoms with Crippen LogP contribution in [0.2, 0.25) is 0 Å². The minimum Gasteiger partial charge on any atom is -0.507 e. The number of hydrogen-bond acceptors (Lipinski definition) is 3. The van der Waals surface area contributed by atoms with Gasteiger partial charge in [0, 0.05) is 41.5 Å². The van der Waals surface area contributed by atoms with E-state index >= 15 is 0 Å². The molecule has 180 valence electrons. The molecule has 0 amide bonds. The van der Waals surface area contributed by atoms with E-state index in [4.69, 9.17) is 4.74 Å². The van der Waals surface area contributed by atoms with Crippen LogP contribution in [0.5, 0.6) is 5.75 Å². The number of rotatable bonds is 5. The fourth-order valence-corrected chi connectivity index (χ4v) is 4.89. The standard InChI is InChI=1S/C27H22F3NO4/c28-20-9-8-18(14-19(20)26(29)30)31-21-2-1-3-22(32)24(21)23(25(31)16-10-12-35-13-11-16)15-4-6-17(7-5-15)27(33)34/h1-9,14,16,26,32H,10-13H2,(H,33,34). The second kappa shape index (κ2) is 9.11. The zero-order valence-corrected chi connectivity index (χ0v) is 18.5. The van der Waals surface area contributed by atoms with Gasteiger partial charge in [0.25, 0.3) is 6.43 Å². The zero-order chi connectivity index (χ0) is 24.7. The van der Waals surface area contributed by atoms with Crippen LogP contribution in [0.4, 0.5) is 13.2 Å². The van der Waals surface area contributed by atoms with Crippen molar-refractivity contribution in [3.8, 4) is 22.6 Å². The normalized spacial score (nSPS) is 14.6. The Morgan fingerprint density at radius 2 is 1.74 bits per heavy atom. The molecule has 0 bridgehead atoms. The Kier molecular flexibility index (Phi) is 5.98. The van der Waals surface area contributed by atoms with E-state index in [1.54, 1.807) is 34.9 Å². The minimum atomic E-state index is -2.99. The fraction of sp³-hybridized carbons (Fsp3) is 0.222. The number of halogens is 3. The Morgan fingerprint density at radius 3 is 2.40 bits per heavy atom. The molecule has 1 saturated heterocycles. The van der Waals surface area contributed by atoms with E-state index in [1.807, 2.05) is 0 Å². The quantitative estimate of drug-likeness (QED) is 0.334. The molecule has 1 fully saturated rings. The predicted octanol–water partition coefficient (Wildman–Crippen LogP) is 6.67. The topological polar surface area (TPSA) is 71.7 Å². The van der Waals surface area contributed by atoms with Crippen LogP contribution in [0, 0.1) is 5.82 Å². The smallest absolute Gasteiger partial charge is 0.335 e. The summed E-state index contributed by atoms with van der Waals surface area (Å²) < 4.78 is 48.6. The number of ether oxygens (including phenoxy) is 1. The molecular weight excluding hydrogens is 459 g/mol. The maximum atomic E-state index is 14.1. The van der Waals surface area contributed by atoms with Crippen molar-refractivity contribution in [2.45, 2.75) is 25.2 Å². The van der Waals surface area contributed by atoms with Gasteiger partial charge in [-0.25, -0.2) is 18.0 Å². The van der Waals surface area contributed by atoms with Gasteiger partial charge in [-0.2, -0.15) is 0 Å².